The molecule has 1 fully saturated rings. The first-order valence-electron chi connectivity index (χ1n) is 8.26. The number of hydrogen-bond donors (Lipinski definition) is 1. The first-order chi connectivity index (χ1) is 12.0. The highest BCUT2D eigenvalue weighted by molar-refractivity contribution is 7.91. The summed E-state index contributed by atoms with van der Waals surface area (Å²) in [5, 5.41) is 2.82. The van der Waals surface area contributed by atoms with Crippen LogP contribution in [0.25, 0.3) is 0 Å². The molecule has 132 valence electrons. The maximum atomic E-state index is 12.0. The molecule has 25 heavy (non-hydrogen) atoms. The summed E-state index contributed by atoms with van der Waals surface area (Å²) in [6, 6.07) is 17.4. The van der Waals surface area contributed by atoms with Crippen molar-refractivity contribution in [2.45, 2.75) is 19.6 Å². The lowest BCUT2D eigenvalue weighted by molar-refractivity contribution is -0.124. The van der Waals surface area contributed by atoms with E-state index in [1.807, 2.05) is 54.6 Å². The van der Waals surface area contributed by atoms with E-state index in [1.54, 1.807) is 0 Å². The van der Waals surface area contributed by atoms with E-state index < -0.39 is 15.8 Å². The molecular formula is C19H21NO4S. The van der Waals surface area contributed by atoms with Gasteiger partial charge in [-0.2, -0.15) is 0 Å². The fraction of sp³-hybridized carbons (Fsp3) is 0.316. The second kappa shape index (κ2) is 7.70. The molecule has 0 spiro atoms. The van der Waals surface area contributed by atoms with E-state index in [9.17, 15) is 13.2 Å². The molecule has 0 aromatic heterocycles. The van der Waals surface area contributed by atoms with Crippen LogP contribution in [0.2, 0.25) is 0 Å². The molecule has 2 aromatic rings. The van der Waals surface area contributed by atoms with Gasteiger partial charge in [0.1, 0.15) is 12.4 Å². The third-order valence-corrected chi connectivity index (χ3v) is 6.01. The molecular weight excluding hydrogens is 338 g/mol. The molecule has 1 unspecified atom stereocenters. The Bertz CT molecular complexity index is 816. The Morgan fingerprint density at radius 1 is 1.04 bits per heavy atom. The van der Waals surface area contributed by atoms with Crippen molar-refractivity contribution in [2.75, 3.05) is 11.5 Å². The lowest BCUT2D eigenvalue weighted by atomic mass is 10.1. The van der Waals surface area contributed by atoms with E-state index in [0.717, 1.165) is 16.9 Å². The van der Waals surface area contributed by atoms with Gasteiger partial charge in [-0.25, -0.2) is 8.42 Å². The molecule has 3 rings (SSSR count). The van der Waals surface area contributed by atoms with Crippen LogP contribution in [0.1, 0.15) is 17.5 Å². The Balaban J connectivity index is 1.47. The molecule has 0 aliphatic carbocycles. The Labute approximate surface area is 147 Å². The largest absolute Gasteiger partial charge is 0.489 e. The summed E-state index contributed by atoms with van der Waals surface area (Å²) in [6.45, 7) is 0.881. The Morgan fingerprint density at radius 3 is 2.36 bits per heavy atom. The van der Waals surface area contributed by atoms with Gasteiger partial charge in [-0.15, -0.1) is 0 Å². The van der Waals surface area contributed by atoms with E-state index in [-0.39, 0.29) is 17.4 Å². The smallest absolute Gasteiger partial charge is 0.224 e. The van der Waals surface area contributed by atoms with Crippen molar-refractivity contribution in [1.29, 1.82) is 0 Å². The van der Waals surface area contributed by atoms with Gasteiger partial charge in [0.2, 0.25) is 5.91 Å². The van der Waals surface area contributed by atoms with Crippen molar-refractivity contribution in [2.24, 2.45) is 5.92 Å². The number of para-hydroxylation sites is 1. The Hall–Kier alpha value is -2.34. The zero-order chi connectivity index (χ0) is 17.7. The van der Waals surface area contributed by atoms with Crippen molar-refractivity contribution in [3.63, 3.8) is 0 Å². The molecule has 1 aliphatic heterocycles. The van der Waals surface area contributed by atoms with Gasteiger partial charge in [0.15, 0.2) is 9.84 Å². The summed E-state index contributed by atoms with van der Waals surface area (Å²) < 4.78 is 28.5. The average molecular weight is 359 g/mol. The van der Waals surface area contributed by atoms with Crippen molar-refractivity contribution in [3.05, 3.63) is 65.7 Å². The van der Waals surface area contributed by atoms with Crippen LogP contribution in [-0.4, -0.2) is 25.8 Å². The number of nitrogens with one attached hydrogen (secondary N) is 1. The number of sulfone groups is 1. The van der Waals surface area contributed by atoms with Gasteiger partial charge in [-0.1, -0.05) is 42.5 Å². The highest BCUT2D eigenvalue weighted by Crippen LogP contribution is 2.18. The molecule has 0 bridgehead atoms. The van der Waals surface area contributed by atoms with E-state index in [1.165, 1.54) is 0 Å². The lowest BCUT2D eigenvalue weighted by Crippen LogP contribution is -2.30. The summed E-state index contributed by atoms with van der Waals surface area (Å²) in [5.41, 5.74) is 2.01. The average Bonchev–Trinajstić information content (AvgIpc) is 3.00. The maximum absolute atomic E-state index is 12.0. The molecule has 1 heterocycles. The minimum Gasteiger partial charge on any atom is -0.489 e. The highest BCUT2D eigenvalue weighted by Gasteiger charge is 2.32. The standard InChI is InChI=1S/C19H21NO4S/c21-19(17-10-11-25(22,23)14-17)20-12-15-6-8-16(9-7-15)13-24-18-4-2-1-3-5-18/h1-9,17H,10-14H2,(H,20,21). The van der Waals surface area contributed by atoms with E-state index in [4.69, 9.17) is 4.74 Å². The number of ether oxygens (including phenoxy) is 1. The summed E-state index contributed by atoms with van der Waals surface area (Å²) in [6.07, 6.45) is 0.421. The van der Waals surface area contributed by atoms with E-state index in [0.29, 0.717) is 19.6 Å². The number of benzene rings is 2. The molecule has 1 saturated heterocycles. The van der Waals surface area contributed by atoms with Gasteiger partial charge in [-0.05, 0) is 29.7 Å². The van der Waals surface area contributed by atoms with Crippen LogP contribution in [0, 0.1) is 5.92 Å². The van der Waals surface area contributed by atoms with E-state index >= 15 is 0 Å². The summed E-state index contributed by atoms with van der Waals surface area (Å²) in [4.78, 5) is 12.0. The first-order valence-corrected chi connectivity index (χ1v) is 10.1. The Kier molecular flexibility index (Phi) is 5.38. The van der Waals surface area contributed by atoms with E-state index in [2.05, 4.69) is 5.32 Å². The monoisotopic (exact) mass is 359 g/mol. The van der Waals surface area contributed by atoms with Crippen LogP contribution >= 0.6 is 0 Å². The summed E-state index contributed by atoms with van der Waals surface area (Å²) in [5.74, 6) is 0.307. The van der Waals surface area contributed by atoms with Crippen molar-refractivity contribution in [3.8, 4) is 5.75 Å². The molecule has 1 aliphatic rings. The molecule has 1 atom stereocenters. The number of carbonyl (C=O) groups is 1. The first kappa shape index (κ1) is 17.5. The minimum absolute atomic E-state index is 0.0331. The topological polar surface area (TPSA) is 72.5 Å². The predicted molar refractivity (Wildman–Crippen MR) is 95.8 cm³/mol. The van der Waals surface area contributed by atoms with Crippen molar-refractivity contribution < 1.29 is 17.9 Å². The van der Waals surface area contributed by atoms with Crippen LogP contribution in [0.4, 0.5) is 0 Å². The van der Waals surface area contributed by atoms with Gasteiger partial charge in [0.05, 0.1) is 17.4 Å². The summed E-state index contributed by atoms with van der Waals surface area (Å²) in [7, 11) is -3.03. The van der Waals surface area contributed by atoms with Gasteiger partial charge < -0.3 is 10.1 Å². The molecule has 5 nitrogen and oxygen atoms in total. The molecule has 2 aromatic carbocycles. The number of hydrogen-bond acceptors (Lipinski definition) is 4. The SMILES string of the molecule is O=C(NCc1ccc(COc2ccccc2)cc1)C1CCS(=O)(=O)C1. The molecule has 1 amide bonds. The lowest BCUT2D eigenvalue weighted by Gasteiger charge is -2.10. The fourth-order valence-corrected chi connectivity index (χ4v) is 4.51. The number of rotatable bonds is 6. The summed E-state index contributed by atoms with van der Waals surface area (Å²) >= 11 is 0. The van der Waals surface area contributed by atoms with Crippen LogP contribution in [0.15, 0.2) is 54.6 Å². The predicted octanol–water partition coefficient (Wildman–Crippen LogP) is 2.32. The molecule has 6 heteroatoms. The van der Waals surface area contributed by atoms with Crippen LogP contribution in [-0.2, 0) is 27.8 Å². The second-order valence-electron chi connectivity index (χ2n) is 6.24. The number of amides is 1. The van der Waals surface area contributed by atoms with Crippen LogP contribution in [0.3, 0.4) is 0 Å². The normalized spacial score (nSPS) is 18.6. The number of carbonyl (C=O) groups excluding carboxylic acids is 1. The quantitative estimate of drug-likeness (QED) is 0.859. The van der Waals surface area contributed by atoms with Crippen LogP contribution in [0.5, 0.6) is 5.75 Å². The third kappa shape index (κ3) is 5.06. The zero-order valence-electron chi connectivity index (χ0n) is 13.9. The zero-order valence-corrected chi connectivity index (χ0v) is 14.7. The second-order valence-corrected chi connectivity index (χ2v) is 8.46. The fourth-order valence-electron chi connectivity index (χ4n) is 2.77. The minimum atomic E-state index is -3.03. The van der Waals surface area contributed by atoms with Gasteiger partial charge in [-0.3, -0.25) is 4.79 Å². The van der Waals surface area contributed by atoms with Crippen molar-refractivity contribution in [1.82, 2.24) is 5.32 Å². The third-order valence-electron chi connectivity index (χ3n) is 4.24. The Morgan fingerprint density at radius 2 is 1.72 bits per heavy atom. The molecule has 0 radical (unpaired) electrons. The van der Waals surface area contributed by atoms with Crippen LogP contribution < -0.4 is 10.1 Å². The van der Waals surface area contributed by atoms with Gasteiger partial charge >= 0.3 is 0 Å². The molecule has 0 saturated carbocycles. The van der Waals surface area contributed by atoms with Crippen molar-refractivity contribution >= 4 is 15.7 Å². The highest BCUT2D eigenvalue weighted by atomic mass is 32.2. The van der Waals surface area contributed by atoms with Gasteiger partial charge in [0, 0.05) is 6.54 Å². The molecule has 1 N–H and O–H groups in total. The maximum Gasteiger partial charge on any atom is 0.224 e. The van der Waals surface area contributed by atoms with Gasteiger partial charge in [0.25, 0.3) is 0 Å².